The van der Waals surface area contributed by atoms with Crippen LogP contribution in [0.4, 0.5) is 17.3 Å². The smallest absolute Gasteiger partial charge is 0.154 e. The minimum atomic E-state index is 0.342. The molecule has 2 fully saturated rings. The largest absolute Gasteiger partial charge is 0.497 e. The third-order valence-electron chi connectivity index (χ3n) is 7.43. The Bertz CT molecular complexity index is 1240. The summed E-state index contributed by atoms with van der Waals surface area (Å²) in [6, 6.07) is 6.17. The molecule has 0 spiro atoms. The van der Waals surface area contributed by atoms with Gasteiger partial charge in [0.05, 0.1) is 31.8 Å². The van der Waals surface area contributed by atoms with Crippen LogP contribution < -0.4 is 25.0 Å². The SMILES string of the molecule is CCc1nc2c(NCc3ccc(OC)cc3OC)ncc(N3CCN(C)CC3)c2nc1NC1CCOCC1. The van der Waals surface area contributed by atoms with Gasteiger partial charge in [-0.1, -0.05) is 6.92 Å². The number of anilines is 3. The molecular formula is C28H39N7O3. The van der Waals surface area contributed by atoms with Crippen molar-refractivity contribution in [3.05, 3.63) is 35.7 Å². The van der Waals surface area contributed by atoms with E-state index >= 15 is 0 Å². The van der Waals surface area contributed by atoms with Crippen LogP contribution in [0, 0.1) is 0 Å². The van der Waals surface area contributed by atoms with Crippen molar-refractivity contribution in [2.45, 2.75) is 38.8 Å². The molecule has 0 bridgehead atoms. The minimum Gasteiger partial charge on any atom is -0.497 e. The second kappa shape index (κ2) is 12.0. The van der Waals surface area contributed by atoms with Gasteiger partial charge in [0, 0.05) is 63.6 Å². The summed E-state index contributed by atoms with van der Waals surface area (Å²) in [7, 11) is 5.49. The van der Waals surface area contributed by atoms with Gasteiger partial charge in [-0.25, -0.2) is 15.0 Å². The van der Waals surface area contributed by atoms with Crippen LogP contribution in [0.25, 0.3) is 11.0 Å². The van der Waals surface area contributed by atoms with Gasteiger partial charge in [0.2, 0.25) is 0 Å². The highest BCUT2D eigenvalue weighted by Crippen LogP contribution is 2.32. The van der Waals surface area contributed by atoms with Gasteiger partial charge in [0.25, 0.3) is 0 Å². The number of rotatable bonds is 9. The quantitative estimate of drug-likeness (QED) is 0.435. The third-order valence-corrected chi connectivity index (χ3v) is 7.43. The summed E-state index contributed by atoms with van der Waals surface area (Å²) in [5, 5.41) is 7.19. The average Bonchev–Trinajstić information content (AvgIpc) is 2.96. The Labute approximate surface area is 224 Å². The van der Waals surface area contributed by atoms with E-state index in [0.717, 1.165) is 110 Å². The number of benzene rings is 1. The lowest BCUT2D eigenvalue weighted by atomic mass is 10.1. The molecule has 2 aromatic heterocycles. The van der Waals surface area contributed by atoms with Crippen molar-refractivity contribution < 1.29 is 14.2 Å². The normalized spacial score (nSPS) is 17.0. The van der Waals surface area contributed by atoms with Crippen LogP contribution in [0.2, 0.25) is 0 Å². The van der Waals surface area contributed by atoms with Crippen LogP contribution in [-0.2, 0) is 17.7 Å². The number of hydrogen-bond donors (Lipinski definition) is 2. The summed E-state index contributed by atoms with van der Waals surface area (Å²) < 4.78 is 16.5. The van der Waals surface area contributed by atoms with Gasteiger partial charge >= 0.3 is 0 Å². The second-order valence-corrected chi connectivity index (χ2v) is 9.91. The highest BCUT2D eigenvalue weighted by molar-refractivity contribution is 5.95. The zero-order valence-electron chi connectivity index (χ0n) is 22.9. The van der Waals surface area contributed by atoms with Crippen LogP contribution >= 0.6 is 0 Å². The predicted octanol–water partition coefficient (Wildman–Crippen LogP) is 3.56. The molecule has 38 heavy (non-hydrogen) atoms. The Hall–Kier alpha value is -3.37. The van der Waals surface area contributed by atoms with Gasteiger partial charge in [-0.15, -0.1) is 0 Å². The maximum atomic E-state index is 5.60. The standard InChI is InChI=1S/C28H39N7O3/c1-5-22-27(31-20-8-14-38-15-9-20)33-25-23(35-12-10-34(2)11-13-35)18-30-28(26(25)32-22)29-17-19-6-7-21(36-3)16-24(19)37-4/h6-7,16,18,20H,5,8-15,17H2,1-4H3,(H,29,30)(H,31,33). The third kappa shape index (κ3) is 5.71. The number of nitrogens with zero attached hydrogens (tertiary/aromatic N) is 5. The lowest BCUT2D eigenvalue weighted by molar-refractivity contribution is 0.0903. The van der Waals surface area contributed by atoms with Gasteiger partial charge in [-0.2, -0.15) is 0 Å². The molecule has 0 unspecified atom stereocenters. The van der Waals surface area contributed by atoms with E-state index in [-0.39, 0.29) is 0 Å². The fraction of sp³-hybridized carbons (Fsp3) is 0.536. The van der Waals surface area contributed by atoms with E-state index in [2.05, 4.69) is 34.4 Å². The Morgan fingerprint density at radius 3 is 2.50 bits per heavy atom. The molecule has 10 heteroatoms. The fourth-order valence-electron chi connectivity index (χ4n) is 5.04. The van der Waals surface area contributed by atoms with Crippen LogP contribution in [0.5, 0.6) is 11.5 Å². The molecule has 4 heterocycles. The van der Waals surface area contributed by atoms with Crippen molar-refractivity contribution in [3.63, 3.8) is 0 Å². The topological polar surface area (TPSA) is 96.9 Å². The minimum absolute atomic E-state index is 0.342. The molecule has 2 aliphatic heterocycles. The number of fused-ring (bicyclic) bond motifs is 1. The first-order chi connectivity index (χ1) is 18.6. The zero-order chi connectivity index (χ0) is 26.5. The number of methoxy groups -OCH3 is 2. The van der Waals surface area contributed by atoms with Crippen LogP contribution in [0.3, 0.4) is 0 Å². The summed E-state index contributed by atoms with van der Waals surface area (Å²) in [6.45, 7) is 8.09. The maximum absolute atomic E-state index is 5.60. The van der Waals surface area contributed by atoms with Crippen molar-refractivity contribution in [2.75, 3.05) is 76.2 Å². The van der Waals surface area contributed by atoms with Gasteiger partial charge in [0.1, 0.15) is 28.4 Å². The lowest BCUT2D eigenvalue weighted by Crippen LogP contribution is -2.44. The monoisotopic (exact) mass is 521 g/mol. The first-order valence-electron chi connectivity index (χ1n) is 13.5. The molecule has 0 aliphatic carbocycles. The van der Waals surface area contributed by atoms with E-state index in [9.17, 15) is 0 Å². The maximum Gasteiger partial charge on any atom is 0.154 e. The number of hydrogen-bond acceptors (Lipinski definition) is 10. The Kier molecular flexibility index (Phi) is 8.29. The van der Waals surface area contributed by atoms with E-state index in [0.29, 0.717) is 12.6 Å². The average molecular weight is 522 g/mol. The molecule has 204 valence electrons. The summed E-state index contributed by atoms with van der Waals surface area (Å²) >= 11 is 0. The molecular weight excluding hydrogens is 482 g/mol. The molecule has 2 saturated heterocycles. The molecule has 3 aromatic rings. The zero-order valence-corrected chi connectivity index (χ0v) is 22.9. The van der Waals surface area contributed by atoms with Crippen LogP contribution in [0.1, 0.15) is 31.0 Å². The summed E-state index contributed by atoms with van der Waals surface area (Å²) in [4.78, 5) is 19.9. The molecule has 2 aliphatic rings. The van der Waals surface area contributed by atoms with Crippen molar-refractivity contribution in [1.82, 2.24) is 19.9 Å². The molecule has 2 N–H and O–H groups in total. The molecule has 1 aromatic carbocycles. The summed E-state index contributed by atoms with van der Waals surface area (Å²) in [5.41, 5.74) is 4.66. The Morgan fingerprint density at radius 1 is 1.00 bits per heavy atom. The summed E-state index contributed by atoms with van der Waals surface area (Å²) in [6.07, 6.45) is 4.67. The van der Waals surface area contributed by atoms with E-state index in [1.54, 1.807) is 14.2 Å². The van der Waals surface area contributed by atoms with Gasteiger partial charge in [0.15, 0.2) is 5.82 Å². The first kappa shape index (κ1) is 26.2. The van der Waals surface area contributed by atoms with Crippen LogP contribution in [-0.4, -0.2) is 86.6 Å². The number of ether oxygens (including phenoxy) is 3. The second-order valence-electron chi connectivity index (χ2n) is 9.91. The van der Waals surface area contributed by atoms with Gasteiger partial charge < -0.3 is 34.6 Å². The summed E-state index contributed by atoms with van der Waals surface area (Å²) in [5.74, 6) is 3.11. The van der Waals surface area contributed by atoms with Crippen molar-refractivity contribution >= 4 is 28.4 Å². The molecule has 0 radical (unpaired) electrons. The van der Waals surface area contributed by atoms with Gasteiger partial charge in [-0.3, -0.25) is 0 Å². The number of piperazine rings is 1. The van der Waals surface area contributed by atoms with Crippen molar-refractivity contribution in [2.24, 2.45) is 0 Å². The van der Waals surface area contributed by atoms with Crippen LogP contribution in [0.15, 0.2) is 24.4 Å². The highest BCUT2D eigenvalue weighted by atomic mass is 16.5. The van der Waals surface area contributed by atoms with Crippen molar-refractivity contribution in [3.8, 4) is 11.5 Å². The molecule has 0 atom stereocenters. The molecule has 0 saturated carbocycles. The number of aryl methyl sites for hydroxylation is 1. The molecule has 0 amide bonds. The number of aromatic nitrogens is 3. The van der Waals surface area contributed by atoms with Gasteiger partial charge in [-0.05, 0) is 38.4 Å². The fourth-order valence-corrected chi connectivity index (χ4v) is 5.04. The predicted molar refractivity (Wildman–Crippen MR) is 151 cm³/mol. The lowest BCUT2D eigenvalue weighted by Gasteiger charge is -2.34. The van der Waals surface area contributed by atoms with E-state index in [1.807, 2.05) is 24.4 Å². The highest BCUT2D eigenvalue weighted by Gasteiger charge is 2.23. The number of nitrogens with one attached hydrogen (secondary N) is 2. The molecule has 5 rings (SSSR count). The van der Waals surface area contributed by atoms with E-state index in [4.69, 9.17) is 29.2 Å². The first-order valence-corrected chi connectivity index (χ1v) is 13.5. The van der Waals surface area contributed by atoms with Crippen molar-refractivity contribution in [1.29, 1.82) is 0 Å². The number of likely N-dealkylation sites (N-methyl/N-ethyl adjacent to an activating group) is 1. The van der Waals surface area contributed by atoms with E-state index in [1.165, 1.54) is 0 Å². The van der Waals surface area contributed by atoms with E-state index < -0.39 is 0 Å². The Balaban J connectivity index is 1.51. The molecule has 10 nitrogen and oxygen atoms in total. The number of pyridine rings is 1. The Morgan fingerprint density at radius 2 is 1.79 bits per heavy atom.